The summed E-state index contributed by atoms with van der Waals surface area (Å²) in [5.41, 5.74) is 31.2. The van der Waals surface area contributed by atoms with Crippen LogP contribution < -0.4 is 50.4 Å². The van der Waals surface area contributed by atoms with Gasteiger partial charge in [0.25, 0.3) is 0 Å². The van der Waals surface area contributed by atoms with E-state index in [0.29, 0.717) is 0 Å². The number of nitrogens with two attached hydrogens (primary N) is 6. The van der Waals surface area contributed by atoms with Crippen molar-refractivity contribution < 1.29 is 38.7 Å². The summed E-state index contributed by atoms with van der Waals surface area (Å²) in [5.74, 6) is -6.93. The van der Waals surface area contributed by atoms with Crippen LogP contribution in [0.25, 0.3) is 0 Å². The molecule has 0 heterocycles. The molecule has 4 unspecified atom stereocenters. The molecule has 0 fully saturated rings. The van der Waals surface area contributed by atoms with E-state index >= 15 is 0 Å². The fraction of sp³-hybridized carbons (Fsp3) is 0.600. The molecule has 18 nitrogen and oxygen atoms in total. The highest BCUT2D eigenvalue weighted by atomic mass is 16.4. The largest absolute Gasteiger partial charge is 0.480 e. The Morgan fingerprint density at radius 1 is 0.658 bits per heavy atom. The van der Waals surface area contributed by atoms with E-state index in [1.807, 2.05) is 0 Å². The number of hydrogen-bond acceptors (Lipinski definition) is 9. The molecule has 0 rings (SSSR count). The van der Waals surface area contributed by atoms with Crippen LogP contribution >= 0.6 is 0 Å². The number of primary amides is 3. The molecular weight excluding hydrogens is 508 g/mol. The van der Waals surface area contributed by atoms with Crippen LogP contribution in [-0.2, 0) is 33.6 Å². The molecule has 18 heteroatoms. The van der Waals surface area contributed by atoms with E-state index in [4.69, 9.17) is 34.4 Å². The highest BCUT2D eigenvalue weighted by Gasteiger charge is 2.30. The third-order valence-corrected chi connectivity index (χ3v) is 4.94. The number of amides is 6. The van der Waals surface area contributed by atoms with Gasteiger partial charge in [0.1, 0.15) is 18.1 Å². The molecule has 0 aromatic carbocycles. The van der Waals surface area contributed by atoms with Crippen LogP contribution in [0.2, 0.25) is 0 Å². The Morgan fingerprint density at radius 2 is 1.11 bits per heavy atom. The standard InChI is InChI=1S/C20H36N10O8/c21-9(8-15(24)33)16(34)28-10(3-5-13(22)31)17(35)29-11(4-6-14(23)32)18(36)30-12(19(37)38)2-1-7-27-20(25)26/h9-12H,1-8,21H2,(H2,22,31)(H2,23,32)(H2,24,33)(H,28,34)(H,29,35)(H,30,36)(H,37,38)(H4,25,26,27). The maximum absolute atomic E-state index is 12.9. The van der Waals surface area contributed by atoms with Gasteiger partial charge < -0.3 is 55.5 Å². The first kappa shape index (κ1) is 33.5. The lowest BCUT2D eigenvalue weighted by molar-refractivity contribution is -0.142. The van der Waals surface area contributed by atoms with Crippen molar-refractivity contribution in [2.75, 3.05) is 6.54 Å². The number of carboxylic acids is 1. The summed E-state index contributed by atoms with van der Waals surface area (Å²) in [7, 11) is 0. The molecule has 0 radical (unpaired) electrons. The first-order valence-corrected chi connectivity index (χ1v) is 11.4. The van der Waals surface area contributed by atoms with Gasteiger partial charge in [-0.3, -0.25) is 33.8 Å². The Labute approximate surface area is 217 Å². The van der Waals surface area contributed by atoms with Crippen LogP contribution in [0.5, 0.6) is 0 Å². The Kier molecular flexibility index (Phi) is 15.0. The number of aliphatic imine (C=N–C) groups is 1. The van der Waals surface area contributed by atoms with E-state index in [9.17, 15) is 38.7 Å². The first-order valence-electron chi connectivity index (χ1n) is 11.4. The smallest absolute Gasteiger partial charge is 0.326 e. The fourth-order valence-corrected chi connectivity index (χ4v) is 3.00. The number of nitrogens with one attached hydrogen (secondary N) is 3. The summed E-state index contributed by atoms with van der Waals surface area (Å²) >= 11 is 0. The molecule has 16 N–H and O–H groups in total. The van der Waals surface area contributed by atoms with Gasteiger partial charge >= 0.3 is 5.97 Å². The van der Waals surface area contributed by atoms with Crippen molar-refractivity contribution in [3.05, 3.63) is 0 Å². The lowest BCUT2D eigenvalue weighted by Crippen LogP contribution is -2.57. The monoisotopic (exact) mass is 544 g/mol. The number of guanidine groups is 1. The minimum absolute atomic E-state index is 0.0661. The Bertz CT molecular complexity index is 921. The minimum atomic E-state index is -1.46. The maximum atomic E-state index is 12.9. The van der Waals surface area contributed by atoms with Crippen LogP contribution in [0.1, 0.15) is 44.9 Å². The second-order valence-corrected chi connectivity index (χ2v) is 8.26. The zero-order chi connectivity index (χ0) is 29.4. The molecule has 0 saturated heterocycles. The second-order valence-electron chi connectivity index (χ2n) is 8.26. The van der Waals surface area contributed by atoms with Gasteiger partial charge in [0.15, 0.2) is 5.96 Å². The van der Waals surface area contributed by atoms with Gasteiger partial charge in [0, 0.05) is 19.4 Å². The van der Waals surface area contributed by atoms with Gasteiger partial charge in [-0.05, 0) is 25.7 Å². The zero-order valence-electron chi connectivity index (χ0n) is 20.7. The number of carboxylic acid groups (broad SMARTS) is 1. The van der Waals surface area contributed by atoms with Crippen molar-refractivity contribution in [1.29, 1.82) is 0 Å². The third-order valence-electron chi connectivity index (χ3n) is 4.94. The summed E-state index contributed by atoms with van der Waals surface area (Å²) in [6, 6.07) is -5.68. The molecule has 0 aliphatic carbocycles. The predicted molar refractivity (Wildman–Crippen MR) is 132 cm³/mol. The molecule has 6 amide bonds. The van der Waals surface area contributed by atoms with Crippen LogP contribution in [0, 0.1) is 0 Å². The van der Waals surface area contributed by atoms with E-state index in [1.54, 1.807) is 0 Å². The third kappa shape index (κ3) is 14.8. The molecule has 0 spiro atoms. The lowest BCUT2D eigenvalue weighted by atomic mass is 10.1. The average molecular weight is 545 g/mol. The predicted octanol–water partition coefficient (Wildman–Crippen LogP) is -5.69. The summed E-state index contributed by atoms with van der Waals surface area (Å²) in [6.45, 7) is 0.100. The first-order chi connectivity index (χ1) is 17.6. The molecule has 0 aliphatic heterocycles. The Morgan fingerprint density at radius 3 is 1.50 bits per heavy atom. The van der Waals surface area contributed by atoms with Crippen molar-refractivity contribution in [1.82, 2.24) is 16.0 Å². The summed E-state index contributed by atoms with van der Waals surface area (Å²) in [5, 5.41) is 16.2. The van der Waals surface area contributed by atoms with Crippen molar-refractivity contribution in [2.24, 2.45) is 39.4 Å². The van der Waals surface area contributed by atoms with Crippen molar-refractivity contribution in [2.45, 2.75) is 69.1 Å². The normalized spacial score (nSPS) is 13.6. The fourth-order valence-electron chi connectivity index (χ4n) is 3.00. The number of carbonyl (C=O) groups is 7. The topological polar surface area (TPSA) is 344 Å². The lowest BCUT2D eigenvalue weighted by Gasteiger charge is -2.25. The van der Waals surface area contributed by atoms with Crippen molar-refractivity contribution >= 4 is 47.4 Å². The molecule has 0 saturated carbocycles. The molecule has 4 atom stereocenters. The summed E-state index contributed by atoms with van der Waals surface area (Å²) in [4.78, 5) is 86.9. The van der Waals surface area contributed by atoms with Gasteiger partial charge in [0.05, 0.1) is 12.5 Å². The minimum Gasteiger partial charge on any atom is -0.480 e. The number of carbonyl (C=O) groups excluding carboxylic acids is 6. The van der Waals surface area contributed by atoms with Crippen LogP contribution in [0.15, 0.2) is 4.99 Å². The van der Waals surface area contributed by atoms with Crippen LogP contribution in [0.4, 0.5) is 0 Å². The number of hydrogen-bond donors (Lipinski definition) is 10. The Hall–Kier alpha value is -4.48. The highest BCUT2D eigenvalue weighted by molar-refractivity contribution is 5.95. The van der Waals surface area contributed by atoms with Gasteiger partial charge in [0.2, 0.25) is 35.4 Å². The second kappa shape index (κ2) is 17.1. The number of nitrogens with zero attached hydrogens (tertiary/aromatic N) is 1. The Balaban J connectivity index is 5.63. The van der Waals surface area contributed by atoms with Crippen molar-refractivity contribution in [3.8, 4) is 0 Å². The molecular formula is C20H36N10O8. The van der Waals surface area contributed by atoms with Gasteiger partial charge in [-0.1, -0.05) is 0 Å². The van der Waals surface area contributed by atoms with E-state index < -0.39 is 72.0 Å². The summed E-state index contributed by atoms with van der Waals surface area (Å²) < 4.78 is 0. The SMILES string of the molecule is NC(=O)CCC(NC(=O)C(N)CC(N)=O)C(=O)NC(CCC(N)=O)C(=O)NC(CCCN=C(N)N)C(=O)O. The van der Waals surface area contributed by atoms with Crippen molar-refractivity contribution in [3.63, 3.8) is 0 Å². The van der Waals surface area contributed by atoms with Crippen LogP contribution in [0.3, 0.4) is 0 Å². The quantitative estimate of drug-likeness (QED) is 0.0414. The maximum Gasteiger partial charge on any atom is 0.326 e. The van der Waals surface area contributed by atoms with E-state index in [2.05, 4.69) is 20.9 Å². The molecule has 214 valence electrons. The van der Waals surface area contributed by atoms with Gasteiger partial charge in [-0.15, -0.1) is 0 Å². The summed E-state index contributed by atoms with van der Waals surface area (Å²) in [6.07, 6.45) is -1.72. The molecule has 0 bridgehead atoms. The van der Waals surface area contributed by atoms with Gasteiger partial charge in [-0.25, -0.2) is 4.79 Å². The molecule has 0 aliphatic rings. The molecule has 0 aromatic rings. The van der Waals surface area contributed by atoms with E-state index in [-0.39, 0.29) is 51.0 Å². The number of aliphatic carboxylic acids is 1. The zero-order valence-corrected chi connectivity index (χ0v) is 20.7. The van der Waals surface area contributed by atoms with E-state index in [0.717, 1.165) is 0 Å². The van der Waals surface area contributed by atoms with E-state index in [1.165, 1.54) is 0 Å². The molecule has 38 heavy (non-hydrogen) atoms. The van der Waals surface area contributed by atoms with Crippen LogP contribution in [-0.4, -0.2) is 83.2 Å². The average Bonchev–Trinajstić information content (AvgIpc) is 2.79. The number of rotatable bonds is 19. The molecule has 0 aromatic heterocycles. The van der Waals surface area contributed by atoms with Gasteiger partial charge in [-0.2, -0.15) is 0 Å². The highest BCUT2D eigenvalue weighted by Crippen LogP contribution is 2.06.